The molecule has 0 amide bonds. The third kappa shape index (κ3) is 8.22. The average molecular weight is 573 g/mol. The molecule has 0 N–H and O–H groups in total. The number of piperidine rings is 1. The number of hydrogen-bond acceptors (Lipinski definition) is 4. The van der Waals surface area contributed by atoms with Crippen LogP contribution in [-0.4, -0.2) is 54.4 Å². The van der Waals surface area contributed by atoms with Crippen molar-refractivity contribution in [3.8, 4) is 5.75 Å². The Morgan fingerprint density at radius 1 is 0.721 bits per heavy atom. The maximum Gasteiger partial charge on any atom is 0.163 e. The lowest BCUT2D eigenvalue weighted by molar-refractivity contribution is 0.0956. The predicted octanol–water partition coefficient (Wildman–Crippen LogP) is 7.85. The van der Waals surface area contributed by atoms with Gasteiger partial charge in [0.15, 0.2) is 5.78 Å². The Balaban J connectivity index is 0.966. The summed E-state index contributed by atoms with van der Waals surface area (Å²) in [4.78, 5) is 18.2. The van der Waals surface area contributed by atoms with Crippen LogP contribution in [0.5, 0.6) is 5.75 Å². The number of rotatable bonds is 12. The first-order chi connectivity index (χ1) is 21.2. The first-order valence-corrected chi connectivity index (χ1v) is 16.1. The summed E-state index contributed by atoms with van der Waals surface area (Å²) < 4.78 is 6.43. The molecule has 2 aliphatic heterocycles. The zero-order valence-electron chi connectivity index (χ0n) is 25.2. The van der Waals surface area contributed by atoms with E-state index in [1.165, 1.54) is 23.1 Å². The van der Waals surface area contributed by atoms with Gasteiger partial charge < -0.3 is 9.64 Å². The molecule has 43 heavy (non-hydrogen) atoms. The van der Waals surface area contributed by atoms with Crippen LogP contribution >= 0.6 is 0 Å². The topological polar surface area (TPSA) is 32.8 Å². The molecule has 0 bridgehead atoms. The maximum atomic E-state index is 13.1. The molecular formula is C39H44N2O2. The van der Waals surface area contributed by atoms with Crippen LogP contribution in [0.3, 0.4) is 0 Å². The Labute approximate surface area is 257 Å². The van der Waals surface area contributed by atoms with Gasteiger partial charge in [0, 0.05) is 50.6 Å². The van der Waals surface area contributed by atoms with E-state index in [1.54, 1.807) is 0 Å². The Kier molecular flexibility index (Phi) is 9.99. The highest BCUT2D eigenvalue weighted by atomic mass is 16.5. The molecule has 0 saturated carbocycles. The van der Waals surface area contributed by atoms with Gasteiger partial charge >= 0.3 is 0 Å². The lowest BCUT2D eigenvalue weighted by Gasteiger charge is -2.34. The number of hydrogen-bond donors (Lipinski definition) is 0. The number of ketones is 1. The minimum absolute atomic E-state index is 0.183. The molecular weight excluding hydrogens is 528 g/mol. The fourth-order valence-corrected chi connectivity index (χ4v) is 6.79. The quantitative estimate of drug-likeness (QED) is 0.162. The lowest BCUT2D eigenvalue weighted by Crippen LogP contribution is -2.40. The molecule has 2 aliphatic rings. The molecule has 1 atom stereocenters. The number of carbonyl (C=O) groups excluding carboxylic acids is 1. The van der Waals surface area contributed by atoms with Gasteiger partial charge in [-0.25, -0.2) is 0 Å². The van der Waals surface area contributed by atoms with Gasteiger partial charge in [-0.15, -0.1) is 0 Å². The summed E-state index contributed by atoms with van der Waals surface area (Å²) in [5.41, 5.74) is 4.88. The summed E-state index contributed by atoms with van der Waals surface area (Å²) in [6, 6.07) is 40.3. The number of nitrogens with zero attached hydrogens (tertiary/aromatic N) is 2. The van der Waals surface area contributed by atoms with Crippen LogP contribution in [0.15, 0.2) is 115 Å². The summed E-state index contributed by atoms with van der Waals surface area (Å²) in [5, 5.41) is 0. The molecule has 0 aliphatic carbocycles. The second kappa shape index (κ2) is 14.6. The molecule has 222 valence electrons. The smallest absolute Gasteiger partial charge is 0.163 e. The third-order valence-corrected chi connectivity index (χ3v) is 9.24. The first kappa shape index (κ1) is 29.3. The van der Waals surface area contributed by atoms with Gasteiger partial charge in [-0.2, -0.15) is 0 Å². The Hall–Kier alpha value is -3.73. The molecule has 2 heterocycles. The van der Waals surface area contributed by atoms with E-state index in [9.17, 15) is 4.79 Å². The summed E-state index contributed by atoms with van der Waals surface area (Å²) in [6.07, 6.45) is 4.92. The van der Waals surface area contributed by atoms with E-state index in [0.29, 0.717) is 18.3 Å². The molecule has 4 aromatic carbocycles. The molecule has 4 nitrogen and oxygen atoms in total. The van der Waals surface area contributed by atoms with E-state index in [-0.39, 0.29) is 11.9 Å². The Bertz CT molecular complexity index is 1380. The van der Waals surface area contributed by atoms with Gasteiger partial charge in [0.05, 0.1) is 0 Å². The van der Waals surface area contributed by atoms with Crippen molar-refractivity contribution < 1.29 is 9.53 Å². The zero-order valence-corrected chi connectivity index (χ0v) is 25.2. The maximum absolute atomic E-state index is 13.1. The van der Waals surface area contributed by atoms with Crippen LogP contribution in [-0.2, 0) is 6.54 Å². The highest BCUT2D eigenvalue weighted by Crippen LogP contribution is 2.29. The van der Waals surface area contributed by atoms with Crippen molar-refractivity contribution in [2.45, 2.75) is 50.7 Å². The van der Waals surface area contributed by atoms with Crippen molar-refractivity contribution in [2.75, 3.05) is 32.7 Å². The summed E-state index contributed by atoms with van der Waals surface area (Å²) >= 11 is 0. The summed E-state index contributed by atoms with van der Waals surface area (Å²) in [7, 11) is 0. The number of benzene rings is 4. The normalized spacial score (nSPS) is 18.2. The minimum atomic E-state index is 0.183. The molecule has 4 heteroatoms. The van der Waals surface area contributed by atoms with Crippen LogP contribution in [0.1, 0.15) is 65.1 Å². The van der Waals surface area contributed by atoms with E-state index < -0.39 is 0 Å². The van der Waals surface area contributed by atoms with Gasteiger partial charge in [-0.05, 0) is 67.0 Å². The van der Waals surface area contributed by atoms with Crippen molar-refractivity contribution in [3.63, 3.8) is 0 Å². The largest absolute Gasteiger partial charge is 0.490 e. The van der Waals surface area contributed by atoms with E-state index in [2.05, 4.69) is 101 Å². The summed E-state index contributed by atoms with van der Waals surface area (Å²) in [5.74, 6) is 2.01. The number of carbonyl (C=O) groups is 1. The molecule has 4 aromatic rings. The number of likely N-dealkylation sites (tertiary alicyclic amines) is 2. The van der Waals surface area contributed by atoms with E-state index in [1.807, 2.05) is 24.3 Å². The monoisotopic (exact) mass is 572 g/mol. The van der Waals surface area contributed by atoms with Crippen molar-refractivity contribution >= 4 is 5.78 Å². The van der Waals surface area contributed by atoms with Crippen LogP contribution in [0.2, 0.25) is 0 Å². The van der Waals surface area contributed by atoms with Crippen molar-refractivity contribution in [3.05, 3.63) is 138 Å². The summed E-state index contributed by atoms with van der Waals surface area (Å²) in [6.45, 7) is 6.25. The van der Waals surface area contributed by atoms with Gasteiger partial charge in [-0.1, -0.05) is 103 Å². The van der Waals surface area contributed by atoms with Crippen LogP contribution in [0.4, 0.5) is 0 Å². The predicted molar refractivity (Wildman–Crippen MR) is 175 cm³/mol. The number of ether oxygens (including phenoxy) is 1. The average Bonchev–Trinajstić information content (AvgIpc) is 3.51. The molecule has 0 aromatic heterocycles. The van der Waals surface area contributed by atoms with E-state index >= 15 is 0 Å². The number of Topliss-reactive ketones (excluding diaryl/α,β-unsaturated/α-hetero) is 1. The molecule has 2 fully saturated rings. The highest BCUT2D eigenvalue weighted by molar-refractivity contribution is 5.96. The fourth-order valence-electron chi connectivity index (χ4n) is 6.79. The van der Waals surface area contributed by atoms with Gasteiger partial charge in [0.25, 0.3) is 0 Å². The SMILES string of the molecule is O=C(CCC1CCN(Cc2ccccc2)C1)c1cccc(OC2CCN(CC(c3ccccc3)c3ccccc3)CC2)c1. The van der Waals surface area contributed by atoms with Gasteiger partial charge in [-0.3, -0.25) is 9.69 Å². The standard InChI is InChI=1S/C39H44N2O2/c42-39(20-19-32-21-24-41(29-32)28-31-11-4-1-5-12-31)35-17-10-18-37(27-35)43-36-22-25-40(26-23-36)30-38(33-13-6-2-7-14-33)34-15-8-3-9-16-34/h1-18,27,32,36,38H,19-26,28-30H2. The Morgan fingerprint density at radius 3 is 2.02 bits per heavy atom. The minimum Gasteiger partial charge on any atom is -0.490 e. The highest BCUT2D eigenvalue weighted by Gasteiger charge is 2.25. The molecule has 0 radical (unpaired) electrons. The van der Waals surface area contributed by atoms with Crippen molar-refractivity contribution in [1.29, 1.82) is 0 Å². The van der Waals surface area contributed by atoms with Crippen molar-refractivity contribution in [1.82, 2.24) is 9.80 Å². The zero-order chi connectivity index (χ0) is 29.3. The molecule has 0 spiro atoms. The lowest BCUT2D eigenvalue weighted by atomic mass is 9.90. The fraction of sp³-hybridized carbons (Fsp3) is 0.359. The van der Waals surface area contributed by atoms with E-state index in [4.69, 9.17) is 4.74 Å². The first-order valence-electron chi connectivity index (χ1n) is 16.1. The Morgan fingerprint density at radius 2 is 1.35 bits per heavy atom. The van der Waals surface area contributed by atoms with Crippen LogP contribution in [0.25, 0.3) is 0 Å². The van der Waals surface area contributed by atoms with E-state index in [0.717, 1.165) is 69.8 Å². The second-order valence-electron chi connectivity index (χ2n) is 12.4. The molecule has 1 unspecified atom stereocenters. The van der Waals surface area contributed by atoms with Gasteiger partial charge in [0.1, 0.15) is 11.9 Å². The molecule has 2 saturated heterocycles. The van der Waals surface area contributed by atoms with Crippen molar-refractivity contribution in [2.24, 2.45) is 5.92 Å². The molecule has 6 rings (SSSR count). The second-order valence-corrected chi connectivity index (χ2v) is 12.4. The third-order valence-electron chi connectivity index (χ3n) is 9.24. The van der Waals surface area contributed by atoms with Crippen LogP contribution < -0.4 is 4.74 Å². The van der Waals surface area contributed by atoms with Gasteiger partial charge in [0.2, 0.25) is 0 Å². The van der Waals surface area contributed by atoms with Crippen LogP contribution in [0, 0.1) is 5.92 Å².